The first kappa shape index (κ1) is 49.0. The third kappa shape index (κ3) is 19.3. The molecule has 0 aromatic heterocycles. The van der Waals surface area contributed by atoms with Gasteiger partial charge in [0.1, 0.15) is 0 Å². The Bertz CT molecular complexity index is 1120. The van der Waals surface area contributed by atoms with Gasteiger partial charge in [0.05, 0.1) is 143 Å². The highest BCUT2D eigenvalue weighted by Gasteiger charge is 2.34. The molecule has 6 aliphatic rings. The Hall–Kier alpha value is 1.54. The molecule has 0 saturated carbocycles. The number of hydrogen-bond donors (Lipinski definition) is 0. The topological polar surface area (TPSA) is 111 Å². The molecule has 0 aromatic rings. The Labute approximate surface area is 378 Å². The standard InChI is InChI=1S/C38H60O12S8/c1-3-7-47-31(5-1)49-23-19-43-15-11-39-9-13-41-17-21-45-29-25-51-33-34(52-26-29)56-37(55-33)38-57-35-36(58-38)54-28-30(27-53-35)46-22-18-42-14-10-40-12-16-44-20-24-50-32-6-2-4-8-48-32/h29-32H,1-28H2. The van der Waals surface area contributed by atoms with Crippen LogP contribution in [0.15, 0.2) is 25.4 Å². The zero-order valence-electron chi connectivity index (χ0n) is 33.3. The average Bonchev–Trinajstić information content (AvgIpc) is 3.75. The SMILES string of the molecule is C1CCC(OCCOCCOCCOCCOC2CSC3=C(SC2)SC(=C2SC4=C(SCC(OCCOCCOCCOCCOC5CCCCO5)CS4)S2)S3)OC1. The van der Waals surface area contributed by atoms with Gasteiger partial charge in [-0.2, -0.15) is 0 Å². The summed E-state index contributed by atoms with van der Waals surface area (Å²) in [7, 11) is 0. The lowest BCUT2D eigenvalue weighted by molar-refractivity contribution is -0.169. The second kappa shape index (κ2) is 30.6. The van der Waals surface area contributed by atoms with Crippen molar-refractivity contribution in [3.63, 3.8) is 0 Å². The first-order chi connectivity index (χ1) is 28.8. The van der Waals surface area contributed by atoms with E-state index in [1.54, 1.807) is 0 Å². The summed E-state index contributed by atoms with van der Waals surface area (Å²) in [4.78, 5) is 0. The molecule has 20 heteroatoms. The van der Waals surface area contributed by atoms with E-state index in [-0.39, 0.29) is 24.8 Å². The van der Waals surface area contributed by atoms with E-state index in [2.05, 4.69) is 0 Å². The van der Waals surface area contributed by atoms with Crippen molar-refractivity contribution in [1.29, 1.82) is 0 Å². The summed E-state index contributed by atoms with van der Waals surface area (Å²) in [5.41, 5.74) is 0. The minimum absolute atomic E-state index is 0.0616. The molecule has 2 saturated heterocycles. The summed E-state index contributed by atoms with van der Waals surface area (Å²) in [6, 6.07) is 0. The van der Waals surface area contributed by atoms with Gasteiger partial charge in [0, 0.05) is 36.2 Å². The van der Waals surface area contributed by atoms with Gasteiger partial charge >= 0.3 is 0 Å². The number of rotatable bonds is 28. The van der Waals surface area contributed by atoms with E-state index >= 15 is 0 Å². The Morgan fingerprint density at radius 3 is 0.931 bits per heavy atom. The molecule has 2 atom stereocenters. The van der Waals surface area contributed by atoms with Crippen molar-refractivity contribution < 1.29 is 56.8 Å². The van der Waals surface area contributed by atoms with Crippen molar-refractivity contribution in [2.75, 3.05) is 142 Å². The second-order valence-electron chi connectivity index (χ2n) is 13.4. The van der Waals surface area contributed by atoms with Crippen LogP contribution in [0.4, 0.5) is 0 Å². The molecule has 6 heterocycles. The lowest BCUT2D eigenvalue weighted by Crippen LogP contribution is -2.24. The average molecular weight is 965 g/mol. The molecule has 0 aliphatic carbocycles. The maximum absolute atomic E-state index is 6.19. The molecule has 0 spiro atoms. The molecule has 58 heavy (non-hydrogen) atoms. The van der Waals surface area contributed by atoms with Gasteiger partial charge in [0.2, 0.25) is 0 Å². The van der Waals surface area contributed by atoms with E-state index in [1.165, 1.54) is 38.3 Å². The van der Waals surface area contributed by atoms with Crippen LogP contribution < -0.4 is 0 Å². The van der Waals surface area contributed by atoms with E-state index in [4.69, 9.17) is 56.8 Å². The molecular formula is C38H60O12S8. The summed E-state index contributed by atoms with van der Waals surface area (Å²) in [6.45, 7) is 10.6. The van der Waals surface area contributed by atoms with Crippen molar-refractivity contribution in [1.82, 2.24) is 0 Å². The molecule has 0 N–H and O–H groups in total. The van der Waals surface area contributed by atoms with Crippen LogP contribution in [-0.4, -0.2) is 167 Å². The molecule has 6 aliphatic heterocycles. The van der Waals surface area contributed by atoms with Crippen molar-refractivity contribution in [2.45, 2.75) is 63.3 Å². The van der Waals surface area contributed by atoms with Crippen LogP contribution in [0.3, 0.4) is 0 Å². The third-order valence-electron chi connectivity index (χ3n) is 8.83. The Kier molecular flexibility index (Phi) is 25.9. The van der Waals surface area contributed by atoms with Gasteiger partial charge in [-0.3, -0.25) is 0 Å². The Morgan fingerprint density at radius 1 is 0.345 bits per heavy atom. The van der Waals surface area contributed by atoms with Crippen LogP contribution in [0.1, 0.15) is 38.5 Å². The lowest BCUT2D eigenvalue weighted by Gasteiger charge is -2.22. The minimum atomic E-state index is -0.0616. The quantitative estimate of drug-likeness (QED) is 0.0702. The number of thioether (sulfide) groups is 8. The summed E-state index contributed by atoms with van der Waals surface area (Å²) >= 11 is 15.5. The van der Waals surface area contributed by atoms with Crippen LogP contribution in [0.5, 0.6) is 0 Å². The minimum Gasteiger partial charge on any atom is -0.377 e. The fraction of sp³-hybridized carbons (Fsp3) is 0.842. The maximum atomic E-state index is 6.19. The monoisotopic (exact) mass is 964 g/mol. The van der Waals surface area contributed by atoms with E-state index in [9.17, 15) is 0 Å². The summed E-state index contributed by atoms with van der Waals surface area (Å²) in [5.74, 6) is 3.87. The first-order valence-corrected chi connectivity index (χ1v) is 27.6. The second-order valence-corrected chi connectivity index (χ2v) is 23.1. The Morgan fingerprint density at radius 2 is 0.638 bits per heavy atom. The van der Waals surface area contributed by atoms with Crippen LogP contribution in [0.2, 0.25) is 0 Å². The van der Waals surface area contributed by atoms with Gasteiger partial charge in [-0.05, 0) is 38.5 Å². The molecule has 12 nitrogen and oxygen atoms in total. The summed E-state index contributed by atoms with van der Waals surface area (Å²) in [6.07, 6.45) is 6.86. The fourth-order valence-electron chi connectivity index (χ4n) is 5.82. The van der Waals surface area contributed by atoms with E-state index in [0.29, 0.717) is 106 Å². The molecule has 2 fully saturated rings. The fourth-order valence-corrected chi connectivity index (χ4v) is 18.3. The zero-order valence-corrected chi connectivity index (χ0v) is 39.8. The summed E-state index contributed by atoms with van der Waals surface area (Å²) < 4.78 is 77.2. The molecular weight excluding hydrogens is 905 g/mol. The van der Waals surface area contributed by atoms with Gasteiger partial charge in [-0.1, -0.05) is 47.0 Å². The van der Waals surface area contributed by atoms with Gasteiger partial charge in [-0.25, -0.2) is 0 Å². The normalized spacial score (nSPS) is 23.8. The van der Waals surface area contributed by atoms with Gasteiger partial charge < -0.3 is 56.8 Å². The van der Waals surface area contributed by atoms with Crippen LogP contribution >= 0.6 is 94.1 Å². The lowest BCUT2D eigenvalue weighted by atomic mass is 10.2. The van der Waals surface area contributed by atoms with Crippen LogP contribution in [-0.2, 0) is 56.8 Å². The van der Waals surface area contributed by atoms with E-state index < -0.39 is 0 Å². The molecule has 332 valence electrons. The number of hydrogen-bond acceptors (Lipinski definition) is 20. The molecule has 2 unspecified atom stereocenters. The van der Waals surface area contributed by atoms with Crippen molar-refractivity contribution in [3.05, 3.63) is 25.4 Å². The predicted octanol–water partition coefficient (Wildman–Crippen LogP) is 8.24. The van der Waals surface area contributed by atoms with E-state index in [1.807, 2.05) is 94.1 Å². The largest absolute Gasteiger partial charge is 0.377 e. The van der Waals surface area contributed by atoms with Gasteiger partial charge in [0.25, 0.3) is 0 Å². The van der Waals surface area contributed by atoms with Crippen LogP contribution in [0, 0.1) is 0 Å². The maximum Gasteiger partial charge on any atom is 0.157 e. The molecule has 0 aromatic carbocycles. The van der Waals surface area contributed by atoms with Gasteiger partial charge in [0.15, 0.2) is 12.6 Å². The smallest absolute Gasteiger partial charge is 0.157 e. The van der Waals surface area contributed by atoms with Crippen LogP contribution in [0.25, 0.3) is 0 Å². The highest BCUT2D eigenvalue weighted by molar-refractivity contribution is 8.45. The van der Waals surface area contributed by atoms with Crippen molar-refractivity contribution >= 4 is 94.1 Å². The molecule has 6 rings (SSSR count). The van der Waals surface area contributed by atoms with Crippen molar-refractivity contribution in [3.8, 4) is 0 Å². The molecule has 0 amide bonds. The Balaban J connectivity index is 0.709. The molecule has 0 bridgehead atoms. The first-order valence-electron chi connectivity index (χ1n) is 20.4. The predicted molar refractivity (Wildman–Crippen MR) is 245 cm³/mol. The van der Waals surface area contributed by atoms with Gasteiger partial charge in [-0.15, -0.1) is 47.0 Å². The highest BCUT2D eigenvalue weighted by atomic mass is 32.3. The molecule has 0 radical (unpaired) electrons. The van der Waals surface area contributed by atoms with Crippen molar-refractivity contribution in [2.24, 2.45) is 0 Å². The zero-order chi connectivity index (χ0) is 39.7. The number of ether oxygens (including phenoxy) is 12. The van der Waals surface area contributed by atoms with E-state index in [0.717, 1.165) is 61.9 Å². The third-order valence-corrected chi connectivity index (χ3v) is 20.9. The summed E-state index contributed by atoms with van der Waals surface area (Å²) in [5, 5.41) is 0. The highest BCUT2D eigenvalue weighted by Crippen LogP contribution is 2.67.